The zero-order chi connectivity index (χ0) is 11.4. The van der Waals surface area contributed by atoms with Crippen molar-refractivity contribution in [2.75, 3.05) is 12.4 Å². The van der Waals surface area contributed by atoms with Crippen LogP contribution in [0.25, 0.3) is 0 Å². The molecular formula is C12H16ClNO2. The first-order chi connectivity index (χ1) is 7.83. The number of amides is 1. The van der Waals surface area contributed by atoms with Crippen molar-refractivity contribution in [1.82, 2.24) is 4.90 Å². The molecule has 1 aromatic heterocycles. The van der Waals surface area contributed by atoms with Crippen molar-refractivity contribution in [1.29, 1.82) is 0 Å². The van der Waals surface area contributed by atoms with E-state index in [9.17, 15) is 4.79 Å². The minimum Gasteiger partial charge on any atom is -0.459 e. The van der Waals surface area contributed by atoms with Gasteiger partial charge in [-0.1, -0.05) is 0 Å². The number of hydrogen-bond acceptors (Lipinski definition) is 2. The highest BCUT2D eigenvalue weighted by Crippen LogP contribution is 2.23. The summed E-state index contributed by atoms with van der Waals surface area (Å²) in [5, 5.41) is 0. The molecule has 0 radical (unpaired) electrons. The van der Waals surface area contributed by atoms with Crippen LogP contribution < -0.4 is 0 Å². The number of hydrogen-bond donors (Lipinski definition) is 0. The molecular weight excluding hydrogens is 226 g/mol. The van der Waals surface area contributed by atoms with E-state index in [0.29, 0.717) is 17.7 Å². The Morgan fingerprint density at radius 3 is 3.19 bits per heavy atom. The first-order valence-electron chi connectivity index (χ1n) is 5.73. The van der Waals surface area contributed by atoms with Crippen molar-refractivity contribution in [3.63, 3.8) is 0 Å². The molecule has 1 aliphatic rings. The Morgan fingerprint density at radius 2 is 2.50 bits per heavy atom. The lowest BCUT2D eigenvalue weighted by atomic mass is 10.1. The van der Waals surface area contributed by atoms with Crippen LogP contribution in [0.3, 0.4) is 0 Å². The van der Waals surface area contributed by atoms with Gasteiger partial charge in [-0.05, 0) is 37.8 Å². The van der Waals surface area contributed by atoms with Gasteiger partial charge < -0.3 is 9.32 Å². The molecule has 1 atom stereocenters. The highest BCUT2D eigenvalue weighted by Gasteiger charge is 2.29. The van der Waals surface area contributed by atoms with Crippen LogP contribution in [0.1, 0.15) is 36.2 Å². The first kappa shape index (κ1) is 11.5. The molecule has 1 aromatic rings. The molecule has 0 bridgehead atoms. The number of carbonyl (C=O) groups is 1. The van der Waals surface area contributed by atoms with Crippen LogP contribution in [0.5, 0.6) is 0 Å². The van der Waals surface area contributed by atoms with Gasteiger partial charge in [0.05, 0.1) is 6.26 Å². The molecule has 3 nitrogen and oxygen atoms in total. The zero-order valence-corrected chi connectivity index (χ0v) is 9.95. The average molecular weight is 242 g/mol. The monoisotopic (exact) mass is 241 g/mol. The summed E-state index contributed by atoms with van der Waals surface area (Å²) in [5.74, 6) is 1.12. The standard InChI is InChI=1S/C12H16ClNO2/c13-7-1-4-10-5-2-8-14(10)12(15)11-6-3-9-16-11/h3,6,9-10H,1-2,4-5,7-8H2. The Kier molecular flexibility index (Phi) is 3.88. The summed E-state index contributed by atoms with van der Waals surface area (Å²) in [7, 11) is 0. The van der Waals surface area contributed by atoms with Gasteiger partial charge in [-0.15, -0.1) is 11.6 Å². The van der Waals surface area contributed by atoms with E-state index in [-0.39, 0.29) is 5.91 Å². The molecule has 1 amide bonds. The lowest BCUT2D eigenvalue weighted by molar-refractivity contribution is 0.0698. The Morgan fingerprint density at radius 1 is 1.62 bits per heavy atom. The summed E-state index contributed by atoms with van der Waals surface area (Å²) >= 11 is 5.68. The Hall–Kier alpha value is -0.960. The van der Waals surface area contributed by atoms with Gasteiger partial charge in [-0.2, -0.15) is 0 Å². The summed E-state index contributed by atoms with van der Waals surface area (Å²) < 4.78 is 5.14. The zero-order valence-electron chi connectivity index (χ0n) is 9.19. The van der Waals surface area contributed by atoms with Crippen molar-refractivity contribution in [2.45, 2.75) is 31.7 Å². The molecule has 1 aliphatic heterocycles. The van der Waals surface area contributed by atoms with Gasteiger partial charge in [0.25, 0.3) is 5.91 Å². The van der Waals surface area contributed by atoms with Crippen LogP contribution >= 0.6 is 11.6 Å². The van der Waals surface area contributed by atoms with Gasteiger partial charge in [-0.25, -0.2) is 0 Å². The molecule has 0 N–H and O–H groups in total. The van der Waals surface area contributed by atoms with E-state index < -0.39 is 0 Å². The smallest absolute Gasteiger partial charge is 0.289 e. The highest BCUT2D eigenvalue weighted by molar-refractivity contribution is 6.17. The average Bonchev–Trinajstić information content (AvgIpc) is 2.96. The number of carbonyl (C=O) groups excluding carboxylic acids is 1. The molecule has 2 heterocycles. The predicted octanol–water partition coefficient (Wildman–Crippen LogP) is 2.90. The van der Waals surface area contributed by atoms with Crippen LogP contribution in [-0.2, 0) is 0 Å². The topological polar surface area (TPSA) is 33.5 Å². The molecule has 1 unspecified atom stereocenters. The van der Waals surface area contributed by atoms with E-state index in [2.05, 4.69) is 0 Å². The molecule has 0 aliphatic carbocycles. The number of likely N-dealkylation sites (tertiary alicyclic amines) is 1. The Balaban J connectivity index is 1.99. The number of halogens is 1. The molecule has 1 saturated heterocycles. The fraction of sp³-hybridized carbons (Fsp3) is 0.583. The second kappa shape index (κ2) is 5.39. The van der Waals surface area contributed by atoms with Crippen molar-refractivity contribution >= 4 is 17.5 Å². The Labute approximate surface area is 100 Å². The van der Waals surface area contributed by atoms with E-state index in [4.69, 9.17) is 16.0 Å². The Bertz CT molecular complexity index is 337. The maximum atomic E-state index is 12.1. The maximum Gasteiger partial charge on any atom is 0.289 e. The SMILES string of the molecule is O=C(c1ccco1)N1CCCC1CCCCl. The van der Waals surface area contributed by atoms with Crippen molar-refractivity contribution in [3.8, 4) is 0 Å². The van der Waals surface area contributed by atoms with Crippen LogP contribution in [0.15, 0.2) is 22.8 Å². The van der Waals surface area contributed by atoms with Crippen LogP contribution in [0, 0.1) is 0 Å². The van der Waals surface area contributed by atoms with Gasteiger partial charge in [0.2, 0.25) is 0 Å². The molecule has 88 valence electrons. The van der Waals surface area contributed by atoms with E-state index in [1.54, 1.807) is 12.1 Å². The largest absolute Gasteiger partial charge is 0.459 e. The van der Waals surface area contributed by atoms with E-state index in [1.807, 2.05) is 4.90 Å². The van der Waals surface area contributed by atoms with Gasteiger partial charge in [0, 0.05) is 18.5 Å². The van der Waals surface area contributed by atoms with Crippen LogP contribution in [0.4, 0.5) is 0 Å². The number of rotatable bonds is 4. The molecule has 2 rings (SSSR count). The second-order valence-corrected chi connectivity index (χ2v) is 4.48. The quantitative estimate of drug-likeness (QED) is 0.760. The highest BCUT2D eigenvalue weighted by atomic mass is 35.5. The van der Waals surface area contributed by atoms with Gasteiger partial charge in [0.1, 0.15) is 0 Å². The van der Waals surface area contributed by atoms with Crippen molar-refractivity contribution < 1.29 is 9.21 Å². The summed E-state index contributed by atoms with van der Waals surface area (Å²) in [6.45, 7) is 0.840. The van der Waals surface area contributed by atoms with Crippen molar-refractivity contribution in [2.24, 2.45) is 0 Å². The minimum atomic E-state index is 0.0158. The van der Waals surface area contributed by atoms with Crippen LogP contribution in [-0.4, -0.2) is 29.3 Å². The van der Waals surface area contributed by atoms with Crippen LogP contribution in [0.2, 0.25) is 0 Å². The lowest BCUT2D eigenvalue weighted by Gasteiger charge is -2.23. The second-order valence-electron chi connectivity index (χ2n) is 4.10. The van der Waals surface area contributed by atoms with Gasteiger partial charge in [0.15, 0.2) is 5.76 Å². The summed E-state index contributed by atoms with van der Waals surface area (Å²) in [5.41, 5.74) is 0. The normalized spacial score (nSPS) is 20.3. The molecule has 16 heavy (non-hydrogen) atoms. The fourth-order valence-electron chi connectivity index (χ4n) is 2.26. The molecule has 0 spiro atoms. The molecule has 1 fully saturated rings. The van der Waals surface area contributed by atoms with Gasteiger partial charge in [-0.3, -0.25) is 4.79 Å². The number of nitrogens with zero attached hydrogens (tertiary/aromatic N) is 1. The van der Waals surface area contributed by atoms with Crippen molar-refractivity contribution in [3.05, 3.63) is 24.2 Å². The van der Waals surface area contributed by atoms with E-state index in [1.165, 1.54) is 6.26 Å². The summed E-state index contributed by atoms with van der Waals surface area (Å²) in [6.07, 6.45) is 5.67. The maximum absolute atomic E-state index is 12.1. The number of alkyl halides is 1. The first-order valence-corrected chi connectivity index (χ1v) is 6.27. The van der Waals surface area contributed by atoms with E-state index in [0.717, 1.165) is 32.2 Å². The van der Waals surface area contributed by atoms with Gasteiger partial charge >= 0.3 is 0 Å². The molecule has 4 heteroatoms. The third-order valence-corrected chi connectivity index (χ3v) is 3.31. The lowest BCUT2D eigenvalue weighted by Crippen LogP contribution is -2.35. The molecule has 0 saturated carbocycles. The number of furan rings is 1. The third kappa shape index (κ3) is 2.40. The van der Waals surface area contributed by atoms with E-state index >= 15 is 0 Å². The summed E-state index contributed by atoms with van der Waals surface area (Å²) in [6, 6.07) is 3.81. The molecule has 0 aromatic carbocycles. The minimum absolute atomic E-state index is 0.0158. The fourth-order valence-corrected chi connectivity index (χ4v) is 2.41. The predicted molar refractivity (Wildman–Crippen MR) is 62.7 cm³/mol. The third-order valence-electron chi connectivity index (χ3n) is 3.04. The summed E-state index contributed by atoms with van der Waals surface area (Å²) in [4.78, 5) is 14.0.